The van der Waals surface area contributed by atoms with Crippen molar-refractivity contribution in [3.63, 3.8) is 0 Å². The summed E-state index contributed by atoms with van der Waals surface area (Å²) in [4.78, 5) is 31.9. The summed E-state index contributed by atoms with van der Waals surface area (Å²) in [5.41, 5.74) is 1.39. The van der Waals surface area contributed by atoms with Crippen molar-refractivity contribution in [3.05, 3.63) is 35.9 Å². The van der Waals surface area contributed by atoms with Crippen molar-refractivity contribution >= 4 is 17.5 Å². The number of ether oxygens (including phenoxy) is 1. The van der Waals surface area contributed by atoms with Gasteiger partial charge in [-0.25, -0.2) is 4.98 Å². The number of benzene rings is 1. The average Bonchev–Trinajstić information content (AvgIpc) is 3.15. The van der Waals surface area contributed by atoms with Crippen LogP contribution in [0.15, 0.2) is 24.5 Å². The molecule has 9 nitrogen and oxygen atoms in total. The van der Waals surface area contributed by atoms with Crippen LogP contribution in [0.4, 0.5) is 5.69 Å². The molecule has 2 aromatic rings. The quantitative estimate of drug-likeness (QED) is 0.802. The molecular weight excluding hydrogens is 336 g/mol. The first-order valence-electron chi connectivity index (χ1n) is 8.28. The number of H-pyrrole nitrogens is 1. The van der Waals surface area contributed by atoms with Gasteiger partial charge in [-0.05, 0) is 18.2 Å². The van der Waals surface area contributed by atoms with Gasteiger partial charge in [0.1, 0.15) is 24.5 Å². The van der Waals surface area contributed by atoms with E-state index in [2.05, 4.69) is 20.5 Å². The highest BCUT2D eigenvalue weighted by molar-refractivity contribution is 5.95. The Bertz CT molecular complexity index is 790. The largest absolute Gasteiger partial charge is 0.489 e. The van der Waals surface area contributed by atoms with Crippen molar-refractivity contribution in [1.29, 1.82) is 0 Å². The average molecular weight is 358 g/mol. The summed E-state index contributed by atoms with van der Waals surface area (Å²) in [6.45, 7) is 0.703. The molecule has 0 fully saturated rings. The van der Waals surface area contributed by atoms with Gasteiger partial charge in [0.25, 0.3) is 5.91 Å². The van der Waals surface area contributed by atoms with Crippen molar-refractivity contribution in [2.24, 2.45) is 0 Å². The van der Waals surface area contributed by atoms with Gasteiger partial charge in [-0.3, -0.25) is 14.7 Å². The Morgan fingerprint density at radius 3 is 2.92 bits per heavy atom. The summed E-state index contributed by atoms with van der Waals surface area (Å²) in [6, 6.07) is 5.22. The fourth-order valence-electron chi connectivity index (χ4n) is 2.78. The van der Waals surface area contributed by atoms with Crippen molar-refractivity contribution in [3.8, 4) is 5.75 Å². The van der Waals surface area contributed by atoms with Crippen LogP contribution in [0.25, 0.3) is 0 Å². The molecule has 26 heavy (non-hydrogen) atoms. The number of carbonyl (C=O) groups is 2. The third-order valence-electron chi connectivity index (χ3n) is 4.31. The third kappa shape index (κ3) is 3.76. The minimum absolute atomic E-state index is 0.0758. The lowest BCUT2D eigenvalue weighted by molar-refractivity contribution is -0.121. The van der Waals surface area contributed by atoms with Crippen LogP contribution < -0.4 is 15.0 Å². The molecule has 0 unspecified atom stereocenters. The van der Waals surface area contributed by atoms with Gasteiger partial charge in [0.2, 0.25) is 5.91 Å². The number of aromatic nitrogens is 3. The number of hydrogen-bond acceptors (Lipinski definition) is 6. The molecule has 1 aliphatic rings. The Morgan fingerprint density at radius 2 is 2.23 bits per heavy atom. The van der Waals surface area contributed by atoms with Gasteiger partial charge in [0, 0.05) is 26.7 Å². The minimum atomic E-state index is -0.123. The SMILES string of the molecule is CN(C)C(=O)c1ccc2c(c1)N(C)[C@@H](CC(=O)NCc1ncn[nH]1)CO2. The van der Waals surface area contributed by atoms with Crippen LogP contribution >= 0.6 is 0 Å². The van der Waals surface area contributed by atoms with Crippen LogP contribution in [0.2, 0.25) is 0 Å². The van der Waals surface area contributed by atoms with Crippen LogP contribution in [-0.2, 0) is 11.3 Å². The highest BCUT2D eigenvalue weighted by Gasteiger charge is 2.27. The van der Waals surface area contributed by atoms with Gasteiger partial charge < -0.3 is 19.9 Å². The van der Waals surface area contributed by atoms with Crippen LogP contribution in [0.3, 0.4) is 0 Å². The molecule has 1 aliphatic heterocycles. The lowest BCUT2D eigenvalue weighted by Gasteiger charge is -2.35. The highest BCUT2D eigenvalue weighted by Crippen LogP contribution is 2.34. The smallest absolute Gasteiger partial charge is 0.253 e. The van der Waals surface area contributed by atoms with E-state index in [4.69, 9.17) is 4.74 Å². The molecule has 0 aliphatic carbocycles. The van der Waals surface area contributed by atoms with Crippen molar-refractivity contribution in [1.82, 2.24) is 25.4 Å². The summed E-state index contributed by atoms with van der Waals surface area (Å²) in [7, 11) is 5.33. The molecule has 0 bridgehead atoms. The first kappa shape index (κ1) is 17.7. The number of carbonyl (C=O) groups excluding carboxylic acids is 2. The summed E-state index contributed by atoms with van der Waals surface area (Å²) in [5.74, 6) is 1.13. The number of nitrogens with zero attached hydrogens (tertiary/aromatic N) is 4. The second kappa shape index (κ2) is 7.42. The van der Waals surface area contributed by atoms with Gasteiger partial charge in [-0.1, -0.05) is 0 Å². The maximum Gasteiger partial charge on any atom is 0.253 e. The number of likely N-dealkylation sites (N-methyl/N-ethyl adjacent to an activating group) is 1. The molecule has 0 spiro atoms. The number of hydrogen-bond donors (Lipinski definition) is 2. The molecule has 9 heteroatoms. The highest BCUT2D eigenvalue weighted by atomic mass is 16.5. The summed E-state index contributed by atoms with van der Waals surface area (Å²) >= 11 is 0. The van der Waals surface area contributed by atoms with E-state index in [1.165, 1.54) is 11.2 Å². The molecule has 2 N–H and O–H groups in total. The molecule has 0 radical (unpaired) electrons. The van der Waals surface area contributed by atoms with Crippen molar-refractivity contribution < 1.29 is 14.3 Å². The van der Waals surface area contributed by atoms with Crippen molar-refractivity contribution in [2.45, 2.75) is 19.0 Å². The van der Waals surface area contributed by atoms with Crippen LogP contribution in [0.1, 0.15) is 22.6 Å². The predicted octanol–water partition coefficient (Wildman–Crippen LogP) is 0.410. The Labute approximate surface area is 151 Å². The standard InChI is InChI=1S/C17H22N6O3/c1-22(2)17(25)11-4-5-14-13(6-11)23(3)12(9-26-14)7-16(24)18-8-15-19-10-20-21-15/h4-6,10,12H,7-9H2,1-3H3,(H,18,24)(H,19,20,21)/t12-/m0/s1. The van der Waals surface area contributed by atoms with E-state index in [0.717, 1.165) is 5.69 Å². The monoisotopic (exact) mass is 358 g/mol. The Hall–Kier alpha value is -3.10. The van der Waals surface area contributed by atoms with Gasteiger partial charge in [-0.15, -0.1) is 0 Å². The molecule has 2 amide bonds. The van der Waals surface area contributed by atoms with Crippen LogP contribution in [-0.4, -0.2) is 65.7 Å². The zero-order valence-corrected chi connectivity index (χ0v) is 15.0. The van der Waals surface area contributed by atoms with E-state index in [1.807, 2.05) is 11.9 Å². The number of nitrogens with one attached hydrogen (secondary N) is 2. The molecule has 2 heterocycles. The lowest BCUT2D eigenvalue weighted by Crippen LogP contribution is -2.43. The maximum atomic E-state index is 12.2. The number of anilines is 1. The molecule has 1 aromatic heterocycles. The number of fused-ring (bicyclic) bond motifs is 1. The van der Waals surface area contributed by atoms with Crippen molar-refractivity contribution in [2.75, 3.05) is 32.6 Å². The molecule has 0 saturated carbocycles. The second-order valence-corrected chi connectivity index (χ2v) is 6.37. The van der Waals surface area contributed by atoms with E-state index >= 15 is 0 Å². The maximum absolute atomic E-state index is 12.2. The Balaban J connectivity index is 1.66. The molecular formula is C17H22N6O3. The van der Waals surface area contributed by atoms with E-state index in [-0.39, 0.29) is 24.3 Å². The number of aromatic amines is 1. The third-order valence-corrected chi connectivity index (χ3v) is 4.31. The van der Waals surface area contributed by atoms with Crippen LogP contribution in [0, 0.1) is 0 Å². The van der Waals surface area contributed by atoms with E-state index < -0.39 is 0 Å². The van der Waals surface area contributed by atoms with Gasteiger partial charge >= 0.3 is 0 Å². The van der Waals surface area contributed by atoms with Gasteiger partial charge in [-0.2, -0.15) is 5.10 Å². The molecule has 1 aromatic carbocycles. The Morgan fingerprint density at radius 1 is 1.42 bits per heavy atom. The van der Waals surface area contributed by atoms with E-state index in [0.29, 0.717) is 30.3 Å². The van der Waals surface area contributed by atoms with Crippen LogP contribution in [0.5, 0.6) is 5.75 Å². The molecule has 3 rings (SSSR count). The lowest BCUT2D eigenvalue weighted by atomic mass is 10.1. The number of amides is 2. The molecule has 138 valence electrons. The van der Waals surface area contributed by atoms with E-state index in [9.17, 15) is 9.59 Å². The summed E-state index contributed by atoms with van der Waals surface area (Å²) in [5, 5.41) is 9.24. The Kier molecular flexibility index (Phi) is 5.06. The summed E-state index contributed by atoms with van der Waals surface area (Å²) in [6.07, 6.45) is 1.67. The molecule has 0 saturated heterocycles. The first-order chi connectivity index (χ1) is 12.5. The minimum Gasteiger partial charge on any atom is -0.489 e. The predicted molar refractivity (Wildman–Crippen MR) is 95.0 cm³/mol. The number of rotatable bonds is 5. The molecule has 1 atom stereocenters. The normalized spacial score (nSPS) is 15.8. The summed E-state index contributed by atoms with van der Waals surface area (Å²) < 4.78 is 5.78. The fraction of sp³-hybridized carbons (Fsp3) is 0.412. The zero-order valence-electron chi connectivity index (χ0n) is 15.0. The second-order valence-electron chi connectivity index (χ2n) is 6.37. The van der Waals surface area contributed by atoms with E-state index in [1.54, 1.807) is 32.3 Å². The van der Waals surface area contributed by atoms with Gasteiger partial charge in [0.05, 0.1) is 24.7 Å². The fourth-order valence-corrected chi connectivity index (χ4v) is 2.78. The van der Waals surface area contributed by atoms with Gasteiger partial charge in [0.15, 0.2) is 0 Å². The zero-order chi connectivity index (χ0) is 18.7. The first-order valence-corrected chi connectivity index (χ1v) is 8.28. The topological polar surface area (TPSA) is 103 Å².